The third-order valence-corrected chi connectivity index (χ3v) is 15.5. The molecular formula is C42H54F3N5O9S. The van der Waals surface area contributed by atoms with Crippen LogP contribution in [0.3, 0.4) is 0 Å². The number of aromatic nitrogens is 1. The lowest BCUT2D eigenvalue weighted by molar-refractivity contribution is -0.222. The molecule has 0 bridgehead atoms. The summed E-state index contributed by atoms with van der Waals surface area (Å²) in [6.45, 7) is 6.61. The van der Waals surface area contributed by atoms with Crippen molar-refractivity contribution in [2.75, 3.05) is 13.2 Å². The number of alkyl halides is 3. The largest absolute Gasteiger partial charge is 0.477 e. The van der Waals surface area contributed by atoms with E-state index in [2.05, 4.69) is 15.0 Å². The van der Waals surface area contributed by atoms with E-state index in [-0.39, 0.29) is 48.9 Å². The number of fused-ring (bicyclic) bond motifs is 5. The van der Waals surface area contributed by atoms with Crippen molar-refractivity contribution in [3.8, 4) is 11.8 Å². The van der Waals surface area contributed by atoms with Crippen molar-refractivity contribution in [1.29, 1.82) is 0 Å². The molecule has 60 heavy (non-hydrogen) atoms. The van der Waals surface area contributed by atoms with E-state index in [4.69, 9.17) is 9.47 Å². The Morgan fingerprint density at radius 1 is 1.15 bits per heavy atom. The second-order valence-corrected chi connectivity index (χ2v) is 20.2. The number of hydrogen-bond acceptors (Lipinski definition) is 9. The Labute approximate surface area is 347 Å². The van der Waals surface area contributed by atoms with E-state index in [1.807, 2.05) is 31.2 Å². The van der Waals surface area contributed by atoms with Gasteiger partial charge in [-0.3, -0.25) is 24.0 Å². The number of ether oxygens (including phenoxy) is 2. The van der Waals surface area contributed by atoms with Crippen molar-refractivity contribution >= 4 is 44.6 Å². The van der Waals surface area contributed by atoms with E-state index in [1.165, 1.54) is 6.92 Å². The molecule has 0 unspecified atom stereocenters. The van der Waals surface area contributed by atoms with Crippen LogP contribution < -0.4 is 19.5 Å². The molecule has 7 rings (SSSR count). The van der Waals surface area contributed by atoms with Crippen LogP contribution in [0.15, 0.2) is 36.4 Å². The smallest absolute Gasteiger partial charge is 0.411 e. The fourth-order valence-electron chi connectivity index (χ4n) is 9.07. The summed E-state index contributed by atoms with van der Waals surface area (Å²) >= 11 is 0. The Bertz CT molecular complexity index is 2200. The summed E-state index contributed by atoms with van der Waals surface area (Å²) in [5.74, 6) is -3.97. The number of allylic oxidation sites excluding steroid dienone is 1. The van der Waals surface area contributed by atoms with Gasteiger partial charge in [-0.1, -0.05) is 50.6 Å². The fourth-order valence-corrected chi connectivity index (χ4v) is 10.4. The molecule has 3 N–H and O–H groups in total. The predicted molar refractivity (Wildman–Crippen MR) is 213 cm³/mol. The Balaban J connectivity index is 1.31. The minimum absolute atomic E-state index is 0.0571. The number of halogens is 3. The summed E-state index contributed by atoms with van der Waals surface area (Å²) in [6, 6.07) is 4.03. The van der Waals surface area contributed by atoms with Gasteiger partial charge in [-0.2, -0.15) is 18.2 Å². The highest BCUT2D eigenvalue weighted by Gasteiger charge is 2.64. The molecule has 3 aliphatic heterocycles. The quantitative estimate of drug-likeness (QED) is 0.271. The minimum atomic E-state index is -5.09. The number of nitrogens with zero attached hydrogens (tertiary/aromatic N) is 3. The van der Waals surface area contributed by atoms with Gasteiger partial charge in [0.2, 0.25) is 33.6 Å². The molecule has 14 nitrogen and oxygen atoms in total. The number of sulfonamides is 1. The minimum Gasteiger partial charge on any atom is -0.477 e. The first kappa shape index (κ1) is 43.5. The van der Waals surface area contributed by atoms with Gasteiger partial charge in [-0.15, -0.1) is 0 Å². The molecule has 5 aliphatic rings. The summed E-state index contributed by atoms with van der Waals surface area (Å²) < 4.78 is 84.5. The van der Waals surface area contributed by atoms with E-state index in [1.54, 1.807) is 19.1 Å². The van der Waals surface area contributed by atoms with E-state index in [0.717, 1.165) is 28.7 Å². The van der Waals surface area contributed by atoms with Crippen LogP contribution in [0.25, 0.3) is 10.8 Å². The molecule has 1 saturated heterocycles. The average molecular weight is 862 g/mol. The summed E-state index contributed by atoms with van der Waals surface area (Å²) in [5.41, 5.74) is -3.85. The van der Waals surface area contributed by atoms with Crippen molar-refractivity contribution in [3.05, 3.63) is 42.0 Å². The third-order valence-electron chi connectivity index (χ3n) is 13.4. The zero-order valence-corrected chi connectivity index (χ0v) is 35.3. The lowest BCUT2D eigenvalue weighted by Gasteiger charge is -2.46. The van der Waals surface area contributed by atoms with E-state index >= 15 is 4.79 Å². The monoisotopic (exact) mass is 861 g/mol. The van der Waals surface area contributed by atoms with Crippen LogP contribution in [0.5, 0.6) is 11.8 Å². The molecular weight excluding hydrogens is 808 g/mol. The Kier molecular flexibility index (Phi) is 11.4. The number of benzene rings is 1. The zero-order valence-electron chi connectivity index (χ0n) is 34.5. The van der Waals surface area contributed by atoms with Crippen molar-refractivity contribution in [2.45, 2.75) is 139 Å². The maximum Gasteiger partial charge on any atom is 0.411 e. The normalized spacial score (nSPS) is 29.4. The van der Waals surface area contributed by atoms with Gasteiger partial charge in [0.15, 0.2) is 0 Å². The number of hydrogen-bond donors (Lipinski definition) is 3. The number of amides is 4. The van der Waals surface area contributed by atoms with Crippen molar-refractivity contribution in [2.24, 2.45) is 17.8 Å². The average Bonchev–Trinajstić information content (AvgIpc) is 4.07. The van der Waals surface area contributed by atoms with Gasteiger partial charge in [0.05, 0.1) is 17.9 Å². The second-order valence-electron chi connectivity index (χ2n) is 18.0. The predicted octanol–water partition coefficient (Wildman–Crippen LogP) is 5.87. The van der Waals surface area contributed by atoms with Crippen LogP contribution in [0.1, 0.15) is 98.0 Å². The second kappa shape index (κ2) is 15.7. The molecule has 1 aromatic carbocycles. The first-order valence-electron chi connectivity index (χ1n) is 20.8. The summed E-state index contributed by atoms with van der Waals surface area (Å²) in [4.78, 5) is 63.0. The van der Waals surface area contributed by atoms with Crippen LogP contribution in [0.4, 0.5) is 18.0 Å². The van der Waals surface area contributed by atoms with Gasteiger partial charge in [-0.25, -0.2) is 13.2 Å². The number of carboxylic acid groups (broad SMARTS) is 1. The molecule has 2 aromatic rings. The first-order valence-corrected chi connectivity index (χ1v) is 22.3. The highest BCUT2D eigenvalue weighted by molar-refractivity contribution is 7.91. The molecule has 2 aliphatic carbocycles. The van der Waals surface area contributed by atoms with Gasteiger partial charge in [-0.05, 0) is 95.4 Å². The number of carbonyl (C=O) groups is 4. The number of nitrogens with one attached hydrogen (secondary N) is 2. The summed E-state index contributed by atoms with van der Waals surface area (Å²) in [6.07, 6.45) is -1.07. The first-order chi connectivity index (χ1) is 28.1. The topological polar surface area (TPSA) is 185 Å². The van der Waals surface area contributed by atoms with Crippen molar-refractivity contribution in [1.82, 2.24) is 24.8 Å². The number of aryl methyl sites for hydroxylation is 1. The van der Waals surface area contributed by atoms with Gasteiger partial charge in [0.1, 0.15) is 29.3 Å². The van der Waals surface area contributed by atoms with Crippen LogP contribution in [-0.4, -0.2) is 105 Å². The third kappa shape index (κ3) is 7.88. The molecule has 3 fully saturated rings. The van der Waals surface area contributed by atoms with Crippen molar-refractivity contribution < 1.29 is 55.3 Å². The molecule has 0 radical (unpaired) electrons. The summed E-state index contributed by atoms with van der Waals surface area (Å²) in [5, 5.41) is 14.8. The molecule has 2 saturated carbocycles. The Hall–Kier alpha value is -4.61. The number of carbonyl (C=O) groups excluding carboxylic acids is 3. The highest BCUT2D eigenvalue weighted by Crippen LogP contribution is 2.48. The number of pyridine rings is 1. The lowest BCUT2D eigenvalue weighted by Crippen LogP contribution is -2.66. The maximum absolute atomic E-state index is 15.2. The fraction of sp³-hybridized carbons (Fsp3) is 0.643. The maximum atomic E-state index is 15.2. The lowest BCUT2D eigenvalue weighted by atomic mass is 9.82. The van der Waals surface area contributed by atoms with Crippen LogP contribution >= 0.6 is 0 Å². The SMILES string of the molecule is CC[C@@H]1C[C@H](C)CCC=C[C@@H]2C[C@@]2(C(=O)NS(=O)(=O)C2(C)CC2)NC(=O)[C@@H]2C[C@@H](Oc3nc4c(c5ccccc35)CCCO4)CN2C(=O)[C@H]1N(C(=O)O)C(C)(C)C(F)(F)F. The van der Waals surface area contributed by atoms with Crippen molar-refractivity contribution in [3.63, 3.8) is 0 Å². The van der Waals surface area contributed by atoms with E-state index < -0.39 is 85.9 Å². The Morgan fingerprint density at radius 2 is 1.85 bits per heavy atom. The Morgan fingerprint density at radius 3 is 2.50 bits per heavy atom. The molecule has 18 heteroatoms. The zero-order chi connectivity index (χ0) is 43.6. The van der Waals surface area contributed by atoms with Gasteiger partial charge in [0.25, 0.3) is 5.91 Å². The van der Waals surface area contributed by atoms with Gasteiger partial charge >= 0.3 is 12.3 Å². The molecule has 1 aromatic heterocycles. The molecule has 0 spiro atoms. The van der Waals surface area contributed by atoms with E-state index in [9.17, 15) is 41.1 Å². The molecule has 7 atom stereocenters. The standard InChI is InChI=1S/C42H54F3N5O9S/c1-6-25-20-24(2)12-7-8-13-26-22-41(26,37(53)48-60(56,57)40(5)17-18-40)47-33(51)31-21-27(23-49(31)36(52)32(25)50(38(54)55)39(3,4)42(43,44)45)59-35-30-15-10-9-14-28(30)29-16-11-19-58-34(29)46-35/h8-10,13-15,24-27,31-32H,6-7,11-12,16-23H2,1-5H3,(H,47,51)(H,48,53)(H,54,55)/t24-,25-,26-,27-,31+,32+,41-/m1/s1. The molecule has 328 valence electrons. The van der Waals surface area contributed by atoms with Crippen LogP contribution in [0, 0.1) is 17.8 Å². The molecule has 4 heterocycles. The van der Waals surface area contributed by atoms with Gasteiger partial charge in [0, 0.05) is 23.3 Å². The van der Waals surface area contributed by atoms with E-state index in [0.29, 0.717) is 57.4 Å². The van der Waals surface area contributed by atoms with Crippen LogP contribution in [0.2, 0.25) is 0 Å². The highest BCUT2D eigenvalue weighted by atomic mass is 32.2. The number of rotatable bonds is 8. The summed E-state index contributed by atoms with van der Waals surface area (Å²) in [7, 11) is -4.12. The van der Waals surface area contributed by atoms with Gasteiger partial charge < -0.3 is 24.8 Å². The van der Waals surface area contributed by atoms with Crippen LogP contribution in [-0.2, 0) is 30.8 Å². The molecule has 4 amide bonds.